The van der Waals surface area contributed by atoms with E-state index >= 15 is 0 Å². The number of nitrogen functional groups attached to an aromatic ring is 1. The number of rotatable bonds is 4. The highest BCUT2D eigenvalue weighted by Gasteiger charge is 2.09. The maximum Gasteiger partial charge on any atom is 0.266 e. The number of aromatic nitrogens is 1. The van der Waals surface area contributed by atoms with Crippen LogP contribution in [0, 0.1) is 5.82 Å². The van der Waals surface area contributed by atoms with Crippen LogP contribution in [0.25, 0.3) is 0 Å². The lowest BCUT2D eigenvalue weighted by molar-refractivity contribution is 0.0953. The molecule has 0 bridgehead atoms. The molecule has 1 aromatic carbocycles. The Morgan fingerprint density at radius 3 is 2.86 bits per heavy atom. The zero-order chi connectivity index (χ0) is 15.4. The van der Waals surface area contributed by atoms with Crippen LogP contribution in [0.15, 0.2) is 34.9 Å². The first kappa shape index (κ1) is 15.7. The average Bonchev–Trinajstić information content (AvgIpc) is 2.49. The van der Waals surface area contributed by atoms with Gasteiger partial charge >= 0.3 is 0 Å². The molecule has 0 aliphatic carbocycles. The van der Waals surface area contributed by atoms with Gasteiger partial charge < -0.3 is 4.74 Å². The molecule has 0 aliphatic rings. The third kappa shape index (κ3) is 3.90. The molecule has 1 amide bonds. The molecule has 0 unspecified atom stereocenters. The average molecular weight is 375 g/mol. The van der Waals surface area contributed by atoms with Gasteiger partial charge in [-0.1, -0.05) is 11.6 Å². The number of nitrogens with two attached hydrogens (primary N) is 1. The quantitative estimate of drug-likeness (QED) is 0.373. The minimum Gasteiger partial charge on any atom is -0.486 e. The van der Waals surface area contributed by atoms with Crippen molar-refractivity contribution in [2.24, 2.45) is 5.84 Å². The fourth-order valence-electron chi connectivity index (χ4n) is 1.49. The van der Waals surface area contributed by atoms with Gasteiger partial charge in [-0.15, -0.1) is 0 Å². The number of pyridine rings is 1. The maximum absolute atomic E-state index is 13.4. The smallest absolute Gasteiger partial charge is 0.266 e. The van der Waals surface area contributed by atoms with Crippen molar-refractivity contribution in [3.05, 3.63) is 57.0 Å². The fraction of sp³-hybridized carbons (Fsp3) is 0.0769. The van der Waals surface area contributed by atoms with Gasteiger partial charge in [0.1, 0.15) is 18.2 Å². The van der Waals surface area contributed by atoms with Crippen LogP contribution in [0.5, 0.6) is 5.75 Å². The summed E-state index contributed by atoms with van der Waals surface area (Å²) in [6.07, 6.45) is 1.37. The van der Waals surface area contributed by atoms with Gasteiger partial charge in [-0.2, -0.15) is 0 Å². The Hall–Kier alpha value is -1.70. The van der Waals surface area contributed by atoms with E-state index in [1.165, 1.54) is 18.3 Å². The van der Waals surface area contributed by atoms with Crippen LogP contribution < -0.4 is 16.0 Å². The third-order valence-electron chi connectivity index (χ3n) is 2.57. The molecule has 21 heavy (non-hydrogen) atoms. The van der Waals surface area contributed by atoms with E-state index in [4.69, 9.17) is 22.2 Å². The molecular formula is C13H10BrClFN3O2. The SMILES string of the molecule is NNC(=O)c1ccc(COc2cc(F)c(Cl)cc2Br)nc1. The number of nitrogens with one attached hydrogen (secondary N) is 1. The number of hydrazine groups is 1. The maximum atomic E-state index is 13.4. The lowest BCUT2D eigenvalue weighted by Crippen LogP contribution is -2.30. The van der Waals surface area contributed by atoms with E-state index in [1.54, 1.807) is 12.1 Å². The predicted molar refractivity (Wildman–Crippen MR) is 79.3 cm³/mol. The van der Waals surface area contributed by atoms with Gasteiger partial charge in [0.05, 0.1) is 20.8 Å². The van der Waals surface area contributed by atoms with Crippen LogP contribution in [0.4, 0.5) is 4.39 Å². The molecule has 0 aliphatic heterocycles. The molecule has 3 N–H and O–H groups in total. The molecule has 2 aromatic rings. The molecule has 2 rings (SSSR count). The number of hydrogen-bond donors (Lipinski definition) is 2. The standard InChI is InChI=1S/C13H10BrClFN3O2/c14-9-3-10(15)11(16)4-12(9)21-6-8-2-1-7(5-18-8)13(20)19-17/h1-5H,6,17H2,(H,19,20). The van der Waals surface area contributed by atoms with E-state index in [0.717, 1.165) is 0 Å². The van der Waals surface area contributed by atoms with E-state index in [0.29, 0.717) is 21.5 Å². The van der Waals surface area contributed by atoms with Gasteiger partial charge in [0.25, 0.3) is 5.91 Å². The van der Waals surface area contributed by atoms with Crippen LogP contribution in [0.3, 0.4) is 0 Å². The van der Waals surface area contributed by atoms with Crippen molar-refractivity contribution in [1.29, 1.82) is 0 Å². The normalized spacial score (nSPS) is 10.3. The van der Waals surface area contributed by atoms with Gasteiger partial charge in [-0.05, 0) is 34.1 Å². The Morgan fingerprint density at radius 2 is 2.24 bits per heavy atom. The highest BCUT2D eigenvalue weighted by molar-refractivity contribution is 9.10. The Bertz CT molecular complexity index is 667. The van der Waals surface area contributed by atoms with Crippen molar-refractivity contribution in [3.8, 4) is 5.75 Å². The lowest BCUT2D eigenvalue weighted by Gasteiger charge is -2.09. The lowest BCUT2D eigenvalue weighted by atomic mass is 10.2. The minimum absolute atomic E-state index is 0.00417. The Kier molecular flexibility index (Phi) is 5.11. The molecule has 1 aromatic heterocycles. The van der Waals surface area contributed by atoms with Crippen LogP contribution in [0.1, 0.15) is 16.1 Å². The number of halogens is 3. The summed E-state index contributed by atoms with van der Waals surface area (Å²) < 4.78 is 19.3. The highest BCUT2D eigenvalue weighted by atomic mass is 79.9. The summed E-state index contributed by atoms with van der Waals surface area (Å²) in [5.41, 5.74) is 2.92. The van der Waals surface area contributed by atoms with E-state index in [-0.39, 0.29) is 11.6 Å². The second kappa shape index (κ2) is 6.84. The van der Waals surface area contributed by atoms with Crippen molar-refractivity contribution in [2.75, 3.05) is 0 Å². The van der Waals surface area contributed by atoms with Crippen LogP contribution in [-0.4, -0.2) is 10.9 Å². The van der Waals surface area contributed by atoms with E-state index in [1.807, 2.05) is 5.43 Å². The molecule has 0 atom stereocenters. The molecule has 8 heteroatoms. The number of amides is 1. The monoisotopic (exact) mass is 373 g/mol. The molecule has 0 fully saturated rings. The summed E-state index contributed by atoms with van der Waals surface area (Å²) in [5, 5.41) is 0.00417. The Morgan fingerprint density at radius 1 is 1.48 bits per heavy atom. The fourth-order valence-corrected chi connectivity index (χ4v) is 2.25. The first-order valence-electron chi connectivity index (χ1n) is 5.74. The van der Waals surface area contributed by atoms with E-state index < -0.39 is 11.7 Å². The zero-order valence-electron chi connectivity index (χ0n) is 10.6. The van der Waals surface area contributed by atoms with Gasteiger partial charge in [0.2, 0.25) is 0 Å². The summed E-state index contributed by atoms with van der Waals surface area (Å²) >= 11 is 8.87. The van der Waals surface area contributed by atoms with Crippen molar-refractivity contribution in [2.45, 2.75) is 6.61 Å². The van der Waals surface area contributed by atoms with Crippen LogP contribution >= 0.6 is 27.5 Å². The topological polar surface area (TPSA) is 77.2 Å². The van der Waals surface area contributed by atoms with Gasteiger partial charge in [0, 0.05) is 12.3 Å². The highest BCUT2D eigenvalue weighted by Crippen LogP contribution is 2.30. The summed E-state index contributed by atoms with van der Waals surface area (Å²) in [6, 6.07) is 5.77. The molecule has 0 spiro atoms. The van der Waals surface area contributed by atoms with Gasteiger partial charge in [-0.25, -0.2) is 10.2 Å². The second-order valence-electron chi connectivity index (χ2n) is 4.00. The first-order valence-corrected chi connectivity index (χ1v) is 6.91. The number of hydrogen-bond acceptors (Lipinski definition) is 4. The van der Waals surface area contributed by atoms with Gasteiger partial charge in [0.15, 0.2) is 0 Å². The van der Waals surface area contributed by atoms with E-state index in [2.05, 4.69) is 20.9 Å². The third-order valence-corrected chi connectivity index (χ3v) is 3.48. The Balaban J connectivity index is 2.06. The molecule has 0 saturated carbocycles. The molecule has 1 heterocycles. The molecule has 0 saturated heterocycles. The molecular weight excluding hydrogens is 365 g/mol. The van der Waals surface area contributed by atoms with E-state index in [9.17, 15) is 9.18 Å². The molecule has 5 nitrogen and oxygen atoms in total. The summed E-state index contributed by atoms with van der Waals surface area (Å²) in [7, 11) is 0. The molecule has 0 radical (unpaired) electrons. The first-order chi connectivity index (χ1) is 10.0. The van der Waals surface area contributed by atoms with Crippen molar-refractivity contribution >= 4 is 33.4 Å². The Labute approximate surface area is 133 Å². The second-order valence-corrected chi connectivity index (χ2v) is 5.26. The minimum atomic E-state index is -0.571. The summed E-state index contributed by atoms with van der Waals surface area (Å²) in [6.45, 7) is 0.115. The number of ether oxygens (including phenoxy) is 1. The zero-order valence-corrected chi connectivity index (χ0v) is 12.9. The number of benzene rings is 1. The van der Waals surface area contributed by atoms with Gasteiger partial charge in [-0.3, -0.25) is 15.2 Å². The van der Waals surface area contributed by atoms with Crippen molar-refractivity contribution < 1.29 is 13.9 Å². The van der Waals surface area contributed by atoms with Crippen molar-refractivity contribution in [3.63, 3.8) is 0 Å². The van der Waals surface area contributed by atoms with Crippen LogP contribution in [-0.2, 0) is 6.61 Å². The summed E-state index contributed by atoms with van der Waals surface area (Å²) in [5.74, 6) is 4.32. The van der Waals surface area contributed by atoms with Crippen LogP contribution in [0.2, 0.25) is 5.02 Å². The summed E-state index contributed by atoms with van der Waals surface area (Å²) in [4.78, 5) is 15.3. The predicted octanol–water partition coefficient (Wildman–Crippen LogP) is 2.82. The number of carbonyl (C=O) groups is 1. The van der Waals surface area contributed by atoms with Crippen molar-refractivity contribution in [1.82, 2.24) is 10.4 Å². The number of nitrogens with zero attached hydrogens (tertiary/aromatic N) is 1. The molecule has 110 valence electrons. The largest absolute Gasteiger partial charge is 0.486 e. The number of carbonyl (C=O) groups excluding carboxylic acids is 1.